The lowest BCUT2D eigenvalue weighted by Gasteiger charge is -2.14. The van der Waals surface area contributed by atoms with E-state index in [-0.39, 0.29) is 0 Å². The van der Waals surface area contributed by atoms with Crippen LogP contribution >= 0.6 is 0 Å². The Kier molecular flexibility index (Phi) is 5.69. The predicted octanol–water partition coefficient (Wildman–Crippen LogP) is 4.81. The van der Waals surface area contributed by atoms with E-state index in [2.05, 4.69) is 39.8 Å². The van der Waals surface area contributed by atoms with E-state index in [9.17, 15) is 17.3 Å². The van der Waals surface area contributed by atoms with Crippen LogP contribution in [0.2, 0.25) is 0 Å². The van der Waals surface area contributed by atoms with Gasteiger partial charge in [-0.1, -0.05) is 6.92 Å². The van der Waals surface area contributed by atoms with Crippen LogP contribution in [0.3, 0.4) is 0 Å². The zero-order valence-electron chi connectivity index (χ0n) is 10.0. The number of hydrogen-bond acceptors (Lipinski definition) is 0. The van der Waals surface area contributed by atoms with E-state index in [1.165, 1.54) is 23.5 Å². The zero-order valence-corrected chi connectivity index (χ0v) is 10.0. The first-order valence-corrected chi connectivity index (χ1v) is 5.22. The van der Waals surface area contributed by atoms with E-state index in [0.717, 1.165) is 0 Å². The fourth-order valence-electron chi connectivity index (χ4n) is 1.96. The molecule has 0 N–H and O–H groups in total. The van der Waals surface area contributed by atoms with Gasteiger partial charge in [-0.2, -0.15) is 0 Å². The quantitative estimate of drug-likeness (QED) is 0.348. The first-order valence-electron chi connectivity index (χ1n) is 5.22. The minimum Gasteiger partial charge on any atom is -0.418 e. The summed E-state index contributed by atoms with van der Waals surface area (Å²) >= 11 is 0. The summed E-state index contributed by atoms with van der Waals surface area (Å²) in [5.74, 6) is 2.10. The van der Waals surface area contributed by atoms with Crippen LogP contribution in [0.25, 0.3) is 0 Å². The molecule has 1 aliphatic rings. The molecule has 0 aromatic heterocycles. The summed E-state index contributed by atoms with van der Waals surface area (Å²) in [5.41, 5.74) is 3.04. The second kappa shape index (κ2) is 6.02. The largest absolute Gasteiger partial charge is 0.673 e. The van der Waals surface area contributed by atoms with E-state index >= 15 is 0 Å². The average molecular weight is 236 g/mol. The third-order valence-electron chi connectivity index (χ3n) is 2.42. The highest BCUT2D eigenvalue weighted by Crippen LogP contribution is 2.30. The van der Waals surface area contributed by atoms with Gasteiger partial charge < -0.3 is 17.3 Å². The van der Waals surface area contributed by atoms with Gasteiger partial charge >= 0.3 is 7.25 Å². The maximum Gasteiger partial charge on any atom is 0.673 e. The van der Waals surface area contributed by atoms with Gasteiger partial charge in [0.25, 0.3) is 0 Å². The van der Waals surface area contributed by atoms with Crippen molar-refractivity contribution in [1.29, 1.82) is 0 Å². The van der Waals surface area contributed by atoms with E-state index in [4.69, 9.17) is 0 Å². The summed E-state index contributed by atoms with van der Waals surface area (Å²) in [6, 6.07) is 0. The molecule has 0 fully saturated rings. The Labute approximate surface area is 94.5 Å². The molecule has 0 saturated carbocycles. The first-order chi connectivity index (χ1) is 7.15. The van der Waals surface area contributed by atoms with Gasteiger partial charge in [0.2, 0.25) is 0 Å². The SMILES string of the molecule is CCC1C(C)=C[C+](C)C=C1C.F[B-](F)(F)F. The molecule has 0 nitrogen and oxygen atoms in total. The molecule has 0 unspecified atom stereocenters. The molecule has 16 heavy (non-hydrogen) atoms. The molecule has 0 aliphatic heterocycles. The molecule has 0 amide bonds. The summed E-state index contributed by atoms with van der Waals surface area (Å²) in [4.78, 5) is 0. The van der Waals surface area contributed by atoms with Gasteiger partial charge in [0.05, 0.1) is 5.92 Å². The van der Waals surface area contributed by atoms with Crippen molar-refractivity contribution < 1.29 is 17.3 Å². The minimum absolute atomic E-state index is 0.707. The van der Waals surface area contributed by atoms with Gasteiger partial charge in [0.1, 0.15) is 0 Å². The molecule has 0 heterocycles. The summed E-state index contributed by atoms with van der Waals surface area (Å²) < 4.78 is 39.0. The van der Waals surface area contributed by atoms with Gasteiger partial charge in [-0.25, -0.2) is 0 Å². The number of allylic oxidation sites excluding steroid dienone is 4. The molecule has 0 aromatic carbocycles. The van der Waals surface area contributed by atoms with Crippen molar-refractivity contribution in [2.75, 3.05) is 0 Å². The molecule has 0 saturated heterocycles. The molecule has 0 spiro atoms. The minimum atomic E-state index is -6.00. The van der Waals surface area contributed by atoms with Gasteiger partial charge in [0.15, 0.2) is 0 Å². The Hall–Kier alpha value is -0.865. The van der Waals surface area contributed by atoms with E-state index in [0.29, 0.717) is 5.92 Å². The third-order valence-corrected chi connectivity index (χ3v) is 2.42. The molecule has 0 atom stereocenters. The Morgan fingerprint density at radius 1 is 1.12 bits per heavy atom. The Morgan fingerprint density at radius 3 is 1.69 bits per heavy atom. The monoisotopic (exact) mass is 236 g/mol. The lowest BCUT2D eigenvalue weighted by Crippen LogP contribution is -2.08. The standard InChI is InChI=1S/C11H17.BF4/c1-5-11-9(3)6-8(2)7-10(11)4;2-1(3,4)5/h6-7,11H,5H2,1-4H3;/q+1;-1. The van der Waals surface area contributed by atoms with Crippen molar-refractivity contribution in [2.45, 2.75) is 34.1 Å². The molecule has 1 rings (SSSR count). The average Bonchev–Trinajstić information content (AvgIpc) is 1.99. The second-order valence-corrected chi connectivity index (χ2v) is 3.98. The van der Waals surface area contributed by atoms with Gasteiger partial charge in [-0.15, -0.1) is 0 Å². The number of halogens is 4. The lowest BCUT2D eigenvalue weighted by atomic mass is 9.83. The van der Waals surface area contributed by atoms with Crippen LogP contribution in [0, 0.1) is 11.8 Å². The zero-order chi connectivity index (χ0) is 12.9. The van der Waals surface area contributed by atoms with E-state index < -0.39 is 7.25 Å². The highest BCUT2D eigenvalue weighted by molar-refractivity contribution is 6.50. The van der Waals surface area contributed by atoms with Gasteiger partial charge in [-0.3, -0.25) is 0 Å². The maximum absolute atomic E-state index is 9.75. The Balaban J connectivity index is 0.000000385. The summed E-state index contributed by atoms with van der Waals surface area (Å²) in [7, 11) is -6.00. The summed E-state index contributed by atoms with van der Waals surface area (Å²) in [6.07, 6.45) is 5.82. The maximum atomic E-state index is 9.75. The van der Waals surface area contributed by atoms with Crippen LogP contribution < -0.4 is 0 Å². The third kappa shape index (κ3) is 6.59. The molecule has 92 valence electrons. The van der Waals surface area contributed by atoms with Crippen molar-refractivity contribution in [3.8, 4) is 0 Å². The Bertz CT molecular complexity index is 252. The van der Waals surface area contributed by atoms with Gasteiger partial charge in [0, 0.05) is 50.0 Å². The molecular formula is C11H17BF4. The summed E-state index contributed by atoms with van der Waals surface area (Å²) in [5, 5.41) is 0. The molecular weight excluding hydrogens is 219 g/mol. The van der Waals surface area contributed by atoms with Crippen molar-refractivity contribution in [3.63, 3.8) is 0 Å². The summed E-state index contributed by atoms with van der Waals surface area (Å²) in [6.45, 7) is 8.88. The van der Waals surface area contributed by atoms with E-state index in [1.54, 1.807) is 0 Å². The van der Waals surface area contributed by atoms with E-state index in [1.807, 2.05) is 0 Å². The van der Waals surface area contributed by atoms with Crippen molar-refractivity contribution in [2.24, 2.45) is 5.92 Å². The van der Waals surface area contributed by atoms with Crippen LogP contribution in [-0.4, -0.2) is 7.25 Å². The normalized spacial score (nSPS) is 17.4. The highest BCUT2D eigenvalue weighted by Gasteiger charge is 2.24. The first kappa shape index (κ1) is 15.1. The topological polar surface area (TPSA) is 0 Å². The van der Waals surface area contributed by atoms with Crippen LogP contribution in [0.4, 0.5) is 17.3 Å². The molecule has 0 aromatic rings. The smallest absolute Gasteiger partial charge is 0.418 e. The van der Waals surface area contributed by atoms with Crippen molar-refractivity contribution in [3.05, 3.63) is 29.2 Å². The highest BCUT2D eigenvalue weighted by atomic mass is 19.5. The fourth-order valence-corrected chi connectivity index (χ4v) is 1.96. The molecule has 5 heteroatoms. The van der Waals surface area contributed by atoms with Crippen molar-refractivity contribution in [1.82, 2.24) is 0 Å². The molecule has 0 radical (unpaired) electrons. The lowest BCUT2D eigenvalue weighted by molar-refractivity contribution is 0.368. The second-order valence-electron chi connectivity index (χ2n) is 3.98. The van der Waals surface area contributed by atoms with Crippen LogP contribution in [0.5, 0.6) is 0 Å². The molecule has 0 bridgehead atoms. The molecule has 1 aliphatic carbocycles. The van der Waals surface area contributed by atoms with Crippen LogP contribution in [0.15, 0.2) is 23.3 Å². The predicted molar refractivity (Wildman–Crippen MR) is 60.4 cm³/mol. The number of hydrogen-bond donors (Lipinski definition) is 0. The fraction of sp³-hybridized carbons (Fsp3) is 0.545. The number of rotatable bonds is 1. The Morgan fingerprint density at radius 2 is 1.44 bits per heavy atom. The van der Waals surface area contributed by atoms with Crippen molar-refractivity contribution >= 4 is 7.25 Å². The van der Waals surface area contributed by atoms with Crippen LogP contribution in [-0.2, 0) is 0 Å². The van der Waals surface area contributed by atoms with Crippen LogP contribution in [0.1, 0.15) is 34.1 Å². The van der Waals surface area contributed by atoms with Gasteiger partial charge in [-0.05, 0) is 6.42 Å².